The van der Waals surface area contributed by atoms with Gasteiger partial charge in [-0.15, -0.1) is 0 Å². The second-order valence-corrected chi connectivity index (χ2v) is 4.97. The number of allylic oxidation sites excluding steroid dienone is 2. The number of carboxylic acids is 1. The summed E-state index contributed by atoms with van der Waals surface area (Å²) in [4.78, 5) is 10.5. The number of rotatable bonds is 8. The van der Waals surface area contributed by atoms with E-state index in [2.05, 4.69) is 31.8 Å². The minimum Gasteiger partial charge on any atom is -0.472 e. The third kappa shape index (κ3) is 8.41. The minimum absolute atomic E-state index is 0.252. The van der Waals surface area contributed by atoms with Crippen LogP contribution in [0, 0.1) is 17.3 Å². The van der Waals surface area contributed by atoms with Gasteiger partial charge in [0, 0.05) is 32.0 Å². The van der Waals surface area contributed by atoms with Gasteiger partial charge in [-0.1, -0.05) is 17.6 Å². The zero-order valence-corrected chi connectivity index (χ0v) is 12.3. The molecule has 0 aromatic carbocycles. The Bertz CT molecular complexity index is 350. The summed E-state index contributed by atoms with van der Waals surface area (Å²) in [5.74, 6) is 3.76. The highest BCUT2D eigenvalue weighted by Gasteiger charge is 2.29. The van der Waals surface area contributed by atoms with Gasteiger partial charge in [0.25, 0.3) is 0 Å². The van der Waals surface area contributed by atoms with E-state index in [0.717, 1.165) is 12.8 Å². The van der Waals surface area contributed by atoms with Gasteiger partial charge in [0.2, 0.25) is 0 Å². The number of ether oxygens (including phenoxy) is 2. The molecule has 0 bridgehead atoms. The fourth-order valence-corrected chi connectivity index (χ4v) is 1.96. The van der Waals surface area contributed by atoms with Gasteiger partial charge in [-0.3, -0.25) is 0 Å². The zero-order valence-electron chi connectivity index (χ0n) is 12.3. The molecule has 0 unspecified atom stereocenters. The molecule has 0 heterocycles. The van der Waals surface area contributed by atoms with E-state index in [-0.39, 0.29) is 5.41 Å². The van der Waals surface area contributed by atoms with E-state index in [9.17, 15) is 4.79 Å². The quantitative estimate of drug-likeness (QED) is 0.543. The molecule has 0 aromatic rings. The largest absolute Gasteiger partial charge is 0.472 e. The summed E-state index contributed by atoms with van der Waals surface area (Å²) in [5.41, 5.74) is 1.01. The summed E-state index contributed by atoms with van der Waals surface area (Å²) >= 11 is 0. The number of hydrogen-bond donors (Lipinski definition) is 1. The predicted molar refractivity (Wildman–Crippen MR) is 74.9 cm³/mol. The van der Waals surface area contributed by atoms with Crippen molar-refractivity contribution in [2.75, 3.05) is 27.4 Å². The molecule has 0 rings (SSSR count). The lowest BCUT2D eigenvalue weighted by Gasteiger charge is -2.30. The van der Waals surface area contributed by atoms with E-state index < -0.39 is 5.97 Å². The number of hydrogen-bond acceptors (Lipinski definition) is 3. The molecule has 19 heavy (non-hydrogen) atoms. The van der Waals surface area contributed by atoms with Crippen LogP contribution in [0.5, 0.6) is 0 Å². The molecule has 0 atom stereocenters. The third-order valence-corrected chi connectivity index (χ3v) is 2.79. The lowest BCUT2D eigenvalue weighted by atomic mass is 9.81. The number of carboxylic acid groups (broad SMARTS) is 1. The lowest BCUT2D eigenvalue weighted by Crippen LogP contribution is -2.31. The van der Waals surface area contributed by atoms with Gasteiger partial charge in [-0.25, -0.2) is 4.79 Å². The zero-order chi connectivity index (χ0) is 14.7. The smallest absolute Gasteiger partial charge is 0.381 e. The first-order chi connectivity index (χ1) is 8.95. The van der Waals surface area contributed by atoms with Crippen LogP contribution in [0.3, 0.4) is 0 Å². The fraction of sp³-hybridized carbons (Fsp3) is 0.667. The first kappa shape index (κ1) is 17.7. The van der Waals surface area contributed by atoms with Gasteiger partial charge < -0.3 is 14.6 Å². The number of carbonyl (C=O) groups is 1. The molecular weight excluding hydrogens is 244 g/mol. The maximum atomic E-state index is 10.5. The van der Waals surface area contributed by atoms with E-state index >= 15 is 0 Å². The molecule has 0 radical (unpaired) electrons. The second kappa shape index (κ2) is 9.60. The molecule has 1 N–H and O–H groups in total. The Balaban J connectivity index is 4.80. The lowest BCUT2D eigenvalue weighted by molar-refractivity contribution is -0.130. The predicted octanol–water partition coefficient (Wildman–Crippen LogP) is 2.49. The molecule has 0 spiro atoms. The van der Waals surface area contributed by atoms with Crippen molar-refractivity contribution in [2.45, 2.75) is 33.1 Å². The van der Waals surface area contributed by atoms with Crippen molar-refractivity contribution < 1.29 is 19.4 Å². The van der Waals surface area contributed by atoms with Crippen molar-refractivity contribution in [2.24, 2.45) is 5.41 Å². The molecular formula is C15H24O4. The second-order valence-electron chi connectivity index (χ2n) is 4.97. The van der Waals surface area contributed by atoms with Crippen LogP contribution in [-0.4, -0.2) is 38.5 Å². The Labute approximate surface area is 115 Å². The third-order valence-electron chi connectivity index (χ3n) is 2.79. The Morgan fingerprint density at radius 1 is 1.26 bits per heavy atom. The normalized spacial score (nSPS) is 10.5. The first-order valence-electron chi connectivity index (χ1n) is 6.29. The summed E-state index contributed by atoms with van der Waals surface area (Å²) in [6.07, 6.45) is 4.38. The average molecular weight is 268 g/mol. The summed E-state index contributed by atoms with van der Waals surface area (Å²) in [6, 6.07) is 0. The first-order valence-corrected chi connectivity index (χ1v) is 6.29. The van der Waals surface area contributed by atoms with Crippen molar-refractivity contribution in [3.8, 4) is 11.8 Å². The maximum Gasteiger partial charge on any atom is 0.381 e. The molecule has 0 aliphatic heterocycles. The van der Waals surface area contributed by atoms with Crippen LogP contribution in [0.1, 0.15) is 33.1 Å². The van der Waals surface area contributed by atoms with Crippen LogP contribution in [0.15, 0.2) is 11.6 Å². The minimum atomic E-state index is -1.10. The van der Waals surface area contributed by atoms with E-state index in [0.29, 0.717) is 19.6 Å². The molecule has 0 aromatic heterocycles. The van der Waals surface area contributed by atoms with Crippen molar-refractivity contribution in [3.05, 3.63) is 11.6 Å². The van der Waals surface area contributed by atoms with Crippen molar-refractivity contribution >= 4 is 5.97 Å². The molecule has 0 aliphatic rings. The van der Waals surface area contributed by atoms with Crippen LogP contribution in [-0.2, 0) is 14.3 Å². The average Bonchev–Trinajstić information content (AvgIpc) is 2.28. The highest BCUT2D eigenvalue weighted by molar-refractivity contribution is 5.86. The highest BCUT2D eigenvalue weighted by atomic mass is 16.5. The molecule has 4 nitrogen and oxygen atoms in total. The summed E-state index contributed by atoms with van der Waals surface area (Å²) in [6.45, 7) is 5.12. The van der Waals surface area contributed by atoms with E-state index in [1.54, 1.807) is 14.2 Å². The Morgan fingerprint density at radius 2 is 1.84 bits per heavy atom. The SMILES string of the molecule is COCC(CC#CC(=O)O)(CCC=C(C)C)COC. The van der Waals surface area contributed by atoms with Gasteiger partial charge in [-0.05, 0) is 26.7 Å². The van der Waals surface area contributed by atoms with Crippen LogP contribution < -0.4 is 0 Å². The molecule has 0 fully saturated rings. The van der Waals surface area contributed by atoms with Crippen LogP contribution in [0.2, 0.25) is 0 Å². The Hall–Kier alpha value is -1.31. The van der Waals surface area contributed by atoms with Gasteiger partial charge in [0.15, 0.2) is 0 Å². The standard InChI is InChI=1S/C15H24O4/c1-13(2)7-5-9-15(11-18-3,12-19-4)10-6-8-14(16)17/h7H,5,9-12H2,1-4H3,(H,16,17). The van der Waals surface area contributed by atoms with Crippen molar-refractivity contribution in [3.63, 3.8) is 0 Å². The topological polar surface area (TPSA) is 55.8 Å². The van der Waals surface area contributed by atoms with Crippen molar-refractivity contribution in [1.82, 2.24) is 0 Å². The Morgan fingerprint density at radius 3 is 2.26 bits per heavy atom. The molecule has 0 aliphatic carbocycles. The van der Waals surface area contributed by atoms with Gasteiger partial charge in [-0.2, -0.15) is 0 Å². The molecule has 0 saturated heterocycles. The summed E-state index contributed by atoms with van der Waals surface area (Å²) < 4.78 is 10.5. The van der Waals surface area contributed by atoms with Gasteiger partial charge in [0.05, 0.1) is 13.2 Å². The monoisotopic (exact) mass is 268 g/mol. The van der Waals surface area contributed by atoms with Crippen molar-refractivity contribution in [1.29, 1.82) is 0 Å². The van der Waals surface area contributed by atoms with E-state index in [1.165, 1.54) is 5.57 Å². The summed E-state index contributed by atoms with van der Waals surface area (Å²) in [7, 11) is 3.27. The molecule has 0 amide bonds. The number of aliphatic carboxylic acids is 1. The summed E-state index contributed by atoms with van der Waals surface area (Å²) in [5, 5.41) is 8.57. The Kier molecular flexibility index (Phi) is 8.94. The molecule has 4 heteroatoms. The maximum absolute atomic E-state index is 10.5. The highest BCUT2D eigenvalue weighted by Crippen LogP contribution is 2.29. The van der Waals surface area contributed by atoms with Gasteiger partial charge >= 0.3 is 5.97 Å². The van der Waals surface area contributed by atoms with Crippen LogP contribution in [0.4, 0.5) is 0 Å². The van der Waals surface area contributed by atoms with Gasteiger partial charge in [0.1, 0.15) is 0 Å². The van der Waals surface area contributed by atoms with E-state index in [1.807, 2.05) is 0 Å². The van der Waals surface area contributed by atoms with E-state index in [4.69, 9.17) is 14.6 Å². The van der Waals surface area contributed by atoms with Crippen LogP contribution in [0.25, 0.3) is 0 Å². The van der Waals surface area contributed by atoms with Crippen LogP contribution >= 0.6 is 0 Å². The number of methoxy groups -OCH3 is 2. The molecule has 0 saturated carbocycles. The fourth-order valence-electron chi connectivity index (χ4n) is 1.96. The molecule has 108 valence electrons.